The predicted octanol–water partition coefficient (Wildman–Crippen LogP) is 3.83. The highest BCUT2D eigenvalue weighted by Crippen LogP contribution is 2.27. The van der Waals surface area contributed by atoms with Crippen LogP contribution < -0.4 is 10.6 Å². The summed E-state index contributed by atoms with van der Waals surface area (Å²) in [5, 5.41) is 0. The first-order valence-electron chi connectivity index (χ1n) is 7.34. The number of hydrogen-bond donors (Lipinski definition) is 1. The van der Waals surface area contributed by atoms with Crippen LogP contribution in [0.25, 0.3) is 0 Å². The van der Waals surface area contributed by atoms with Gasteiger partial charge < -0.3 is 10.6 Å². The average Bonchev–Trinajstić information content (AvgIpc) is 2.50. The summed E-state index contributed by atoms with van der Waals surface area (Å²) in [6, 6.07) is 13.4. The Morgan fingerprint density at radius 2 is 1.81 bits per heavy atom. The van der Waals surface area contributed by atoms with Gasteiger partial charge in [0.05, 0.1) is 6.04 Å². The maximum absolute atomic E-state index is 13.3. The Morgan fingerprint density at radius 3 is 2.33 bits per heavy atom. The van der Waals surface area contributed by atoms with Crippen molar-refractivity contribution in [1.29, 1.82) is 0 Å². The van der Waals surface area contributed by atoms with E-state index in [0.29, 0.717) is 6.54 Å². The Labute approximate surface area is 126 Å². The van der Waals surface area contributed by atoms with Gasteiger partial charge in [-0.25, -0.2) is 4.39 Å². The summed E-state index contributed by atoms with van der Waals surface area (Å²) in [7, 11) is 2.03. The highest BCUT2D eigenvalue weighted by atomic mass is 19.1. The van der Waals surface area contributed by atoms with Gasteiger partial charge in [0.25, 0.3) is 0 Å². The van der Waals surface area contributed by atoms with Gasteiger partial charge in [-0.05, 0) is 54.3 Å². The molecule has 0 amide bonds. The summed E-state index contributed by atoms with van der Waals surface area (Å²) in [6.07, 6.45) is 1.03. The summed E-state index contributed by atoms with van der Waals surface area (Å²) in [5.41, 5.74) is 10.4. The predicted molar refractivity (Wildman–Crippen MR) is 87.2 cm³/mol. The number of rotatable bonds is 5. The maximum Gasteiger partial charge on any atom is 0.123 e. The van der Waals surface area contributed by atoms with E-state index in [-0.39, 0.29) is 11.9 Å². The third kappa shape index (κ3) is 3.42. The fourth-order valence-electron chi connectivity index (χ4n) is 2.65. The lowest BCUT2D eigenvalue weighted by atomic mass is 9.99. The number of anilines is 1. The van der Waals surface area contributed by atoms with Crippen LogP contribution in [0.4, 0.5) is 10.1 Å². The molecule has 0 spiro atoms. The van der Waals surface area contributed by atoms with Crippen LogP contribution in [-0.4, -0.2) is 13.6 Å². The van der Waals surface area contributed by atoms with Crippen LogP contribution in [0.3, 0.4) is 0 Å². The number of aryl methyl sites for hydroxylation is 2. The van der Waals surface area contributed by atoms with Gasteiger partial charge in [0.2, 0.25) is 0 Å². The van der Waals surface area contributed by atoms with E-state index in [4.69, 9.17) is 5.73 Å². The van der Waals surface area contributed by atoms with Crippen molar-refractivity contribution >= 4 is 5.69 Å². The van der Waals surface area contributed by atoms with Gasteiger partial charge in [-0.1, -0.05) is 25.1 Å². The van der Waals surface area contributed by atoms with E-state index in [9.17, 15) is 4.39 Å². The average molecular weight is 286 g/mol. The van der Waals surface area contributed by atoms with Gasteiger partial charge >= 0.3 is 0 Å². The van der Waals surface area contributed by atoms with E-state index in [1.165, 1.54) is 11.6 Å². The highest BCUT2D eigenvalue weighted by molar-refractivity contribution is 5.50. The third-order valence-electron chi connectivity index (χ3n) is 4.03. The Hall–Kier alpha value is -1.87. The van der Waals surface area contributed by atoms with Crippen molar-refractivity contribution in [2.24, 2.45) is 5.73 Å². The summed E-state index contributed by atoms with van der Waals surface area (Å²) in [4.78, 5) is 2.15. The SMILES string of the molecule is CCc1ccc(N(C)C(CN)c2ccc(F)cc2C)cc1. The number of nitrogens with zero attached hydrogens (tertiary/aromatic N) is 1. The van der Waals surface area contributed by atoms with Crippen molar-refractivity contribution in [3.8, 4) is 0 Å². The molecule has 0 heterocycles. The van der Waals surface area contributed by atoms with Gasteiger partial charge in [-0.2, -0.15) is 0 Å². The summed E-state index contributed by atoms with van der Waals surface area (Å²) >= 11 is 0. The van der Waals surface area contributed by atoms with Gasteiger partial charge in [0, 0.05) is 19.3 Å². The standard InChI is InChI=1S/C18H23FN2/c1-4-14-5-8-16(9-6-14)21(3)18(12-20)17-10-7-15(19)11-13(17)2/h5-11,18H,4,12,20H2,1-3H3. The zero-order chi connectivity index (χ0) is 15.4. The molecule has 2 aromatic rings. The second kappa shape index (κ2) is 6.72. The molecule has 0 bridgehead atoms. The highest BCUT2D eigenvalue weighted by Gasteiger charge is 2.18. The fraction of sp³-hybridized carbons (Fsp3) is 0.333. The molecule has 1 atom stereocenters. The lowest BCUT2D eigenvalue weighted by molar-refractivity contribution is 0.620. The van der Waals surface area contributed by atoms with E-state index >= 15 is 0 Å². The Bertz CT molecular complexity index is 593. The summed E-state index contributed by atoms with van der Waals surface area (Å²) in [5.74, 6) is -0.207. The van der Waals surface area contributed by atoms with E-state index in [2.05, 4.69) is 36.1 Å². The fourth-order valence-corrected chi connectivity index (χ4v) is 2.65. The normalized spacial score (nSPS) is 12.2. The number of hydrogen-bond acceptors (Lipinski definition) is 2. The molecule has 21 heavy (non-hydrogen) atoms. The quantitative estimate of drug-likeness (QED) is 0.905. The zero-order valence-electron chi connectivity index (χ0n) is 12.9. The molecule has 0 radical (unpaired) electrons. The van der Waals surface area contributed by atoms with Crippen molar-refractivity contribution < 1.29 is 4.39 Å². The minimum atomic E-state index is -0.207. The first-order valence-corrected chi connectivity index (χ1v) is 7.34. The van der Waals surface area contributed by atoms with Gasteiger partial charge in [0.1, 0.15) is 5.82 Å². The van der Waals surface area contributed by atoms with E-state index in [1.54, 1.807) is 6.07 Å². The lowest BCUT2D eigenvalue weighted by Gasteiger charge is -2.30. The first-order chi connectivity index (χ1) is 10.1. The second-order valence-corrected chi connectivity index (χ2v) is 5.38. The molecule has 0 aromatic heterocycles. The Balaban J connectivity index is 2.30. The van der Waals surface area contributed by atoms with E-state index in [1.807, 2.05) is 20.0 Å². The minimum Gasteiger partial charge on any atom is -0.366 e. The summed E-state index contributed by atoms with van der Waals surface area (Å²) in [6.45, 7) is 4.55. The second-order valence-electron chi connectivity index (χ2n) is 5.38. The number of halogens is 1. The number of benzene rings is 2. The molecule has 0 aliphatic carbocycles. The maximum atomic E-state index is 13.3. The van der Waals surface area contributed by atoms with Crippen LogP contribution in [0, 0.1) is 12.7 Å². The molecule has 2 N–H and O–H groups in total. The molecule has 0 aliphatic heterocycles. The molecule has 2 aromatic carbocycles. The molecule has 0 saturated heterocycles. The smallest absolute Gasteiger partial charge is 0.123 e. The molecule has 3 heteroatoms. The first kappa shape index (κ1) is 15.5. The van der Waals surface area contributed by atoms with Crippen molar-refractivity contribution in [1.82, 2.24) is 0 Å². The monoisotopic (exact) mass is 286 g/mol. The van der Waals surface area contributed by atoms with Crippen molar-refractivity contribution in [2.45, 2.75) is 26.3 Å². The molecule has 0 saturated carbocycles. The van der Waals surface area contributed by atoms with Crippen LogP contribution in [-0.2, 0) is 6.42 Å². The van der Waals surface area contributed by atoms with E-state index in [0.717, 1.165) is 23.2 Å². The minimum absolute atomic E-state index is 0.0399. The van der Waals surface area contributed by atoms with E-state index < -0.39 is 0 Å². The van der Waals surface area contributed by atoms with Crippen molar-refractivity contribution in [3.63, 3.8) is 0 Å². The molecular formula is C18H23FN2. The van der Waals surface area contributed by atoms with Gasteiger partial charge in [-0.3, -0.25) is 0 Å². The topological polar surface area (TPSA) is 29.3 Å². The van der Waals surface area contributed by atoms with Crippen LogP contribution in [0.5, 0.6) is 0 Å². The van der Waals surface area contributed by atoms with Crippen molar-refractivity contribution in [2.75, 3.05) is 18.5 Å². The Morgan fingerprint density at radius 1 is 1.14 bits per heavy atom. The molecule has 112 valence electrons. The largest absolute Gasteiger partial charge is 0.366 e. The van der Waals surface area contributed by atoms with Gasteiger partial charge in [-0.15, -0.1) is 0 Å². The van der Waals surface area contributed by atoms with Crippen LogP contribution in [0.15, 0.2) is 42.5 Å². The Kier molecular flexibility index (Phi) is 4.97. The molecule has 2 rings (SSSR count). The number of nitrogens with two attached hydrogens (primary N) is 1. The number of likely N-dealkylation sites (N-methyl/N-ethyl adjacent to an activating group) is 1. The molecular weight excluding hydrogens is 263 g/mol. The summed E-state index contributed by atoms with van der Waals surface area (Å²) < 4.78 is 13.3. The lowest BCUT2D eigenvalue weighted by Crippen LogP contribution is -2.31. The third-order valence-corrected chi connectivity index (χ3v) is 4.03. The molecule has 0 aliphatic rings. The molecule has 0 fully saturated rings. The molecule has 2 nitrogen and oxygen atoms in total. The van der Waals surface area contributed by atoms with Crippen molar-refractivity contribution in [3.05, 3.63) is 65.0 Å². The van der Waals surface area contributed by atoms with Gasteiger partial charge in [0.15, 0.2) is 0 Å². The molecule has 1 unspecified atom stereocenters. The van der Waals surface area contributed by atoms with Crippen LogP contribution in [0.1, 0.15) is 29.7 Å². The van der Waals surface area contributed by atoms with Crippen LogP contribution in [0.2, 0.25) is 0 Å². The van der Waals surface area contributed by atoms with Crippen LogP contribution >= 0.6 is 0 Å². The zero-order valence-corrected chi connectivity index (χ0v) is 12.9.